The van der Waals surface area contributed by atoms with E-state index in [2.05, 4.69) is 17.3 Å². The van der Waals surface area contributed by atoms with Crippen LogP contribution < -0.4 is 5.32 Å². The van der Waals surface area contributed by atoms with Crippen molar-refractivity contribution in [1.29, 1.82) is 0 Å². The van der Waals surface area contributed by atoms with E-state index >= 15 is 0 Å². The first kappa shape index (κ1) is 16.0. The van der Waals surface area contributed by atoms with Gasteiger partial charge in [-0.1, -0.05) is 24.6 Å². The number of benzene rings is 1. The quantitative estimate of drug-likeness (QED) is 0.822. The standard InChI is InChI=1S/C16H21ClFN3/c1-4-9-19-10-8-13-11(2)20-21(12(13)3)16-14(17)6-5-7-15(16)18/h5-7,19H,4,8-10H2,1-3H3. The van der Waals surface area contributed by atoms with Gasteiger partial charge in [0.2, 0.25) is 0 Å². The Morgan fingerprint density at radius 2 is 2.05 bits per heavy atom. The van der Waals surface area contributed by atoms with Gasteiger partial charge < -0.3 is 5.32 Å². The number of nitrogens with one attached hydrogen (secondary N) is 1. The molecule has 5 heteroatoms. The van der Waals surface area contributed by atoms with Crippen molar-refractivity contribution in [2.24, 2.45) is 0 Å². The molecule has 0 amide bonds. The molecule has 0 aliphatic heterocycles. The smallest absolute Gasteiger partial charge is 0.150 e. The zero-order chi connectivity index (χ0) is 15.4. The van der Waals surface area contributed by atoms with E-state index in [1.54, 1.807) is 16.8 Å². The second-order valence-corrected chi connectivity index (χ2v) is 5.54. The van der Waals surface area contributed by atoms with Gasteiger partial charge in [0.1, 0.15) is 11.5 Å². The minimum absolute atomic E-state index is 0.326. The van der Waals surface area contributed by atoms with Crippen molar-refractivity contribution in [3.8, 4) is 5.69 Å². The van der Waals surface area contributed by atoms with E-state index in [0.717, 1.165) is 42.9 Å². The van der Waals surface area contributed by atoms with Gasteiger partial charge in [-0.05, 0) is 57.5 Å². The summed E-state index contributed by atoms with van der Waals surface area (Å²) in [5.74, 6) is -0.358. The van der Waals surface area contributed by atoms with Gasteiger partial charge in [-0.3, -0.25) is 0 Å². The van der Waals surface area contributed by atoms with Gasteiger partial charge in [0.25, 0.3) is 0 Å². The van der Waals surface area contributed by atoms with E-state index in [4.69, 9.17) is 11.6 Å². The van der Waals surface area contributed by atoms with Crippen LogP contribution >= 0.6 is 11.6 Å². The first-order valence-corrected chi connectivity index (χ1v) is 7.64. The Balaban J connectivity index is 2.31. The van der Waals surface area contributed by atoms with Crippen LogP contribution in [0.15, 0.2) is 18.2 Å². The molecular formula is C16H21ClFN3. The van der Waals surface area contributed by atoms with Crippen molar-refractivity contribution in [2.75, 3.05) is 13.1 Å². The molecule has 0 saturated carbocycles. The minimum atomic E-state index is -0.358. The zero-order valence-electron chi connectivity index (χ0n) is 12.7. The van der Waals surface area contributed by atoms with Gasteiger partial charge in [0.15, 0.2) is 0 Å². The lowest BCUT2D eigenvalue weighted by Gasteiger charge is -2.09. The average Bonchev–Trinajstić information content (AvgIpc) is 2.71. The second-order valence-electron chi connectivity index (χ2n) is 5.13. The van der Waals surface area contributed by atoms with Gasteiger partial charge in [-0.25, -0.2) is 9.07 Å². The van der Waals surface area contributed by atoms with Crippen molar-refractivity contribution in [1.82, 2.24) is 15.1 Å². The lowest BCUT2D eigenvalue weighted by Crippen LogP contribution is -2.18. The van der Waals surface area contributed by atoms with E-state index in [9.17, 15) is 4.39 Å². The van der Waals surface area contributed by atoms with Gasteiger partial charge >= 0.3 is 0 Å². The normalized spacial score (nSPS) is 11.1. The molecule has 0 radical (unpaired) electrons. The van der Waals surface area contributed by atoms with Crippen molar-refractivity contribution >= 4 is 11.6 Å². The number of hydrogen-bond acceptors (Lipinski definition) is 2. The van der Waals surface area contributed by atoms with Crippen LogP contribution in [0.3, 0.4) is 0 Å². The van der Waals surface area contributed by atoms with Gasteiger partial charge in [0.05, 0.1) is 10.7 Å². The molecule has 0 saturated heterocycles. The zero-order valence-corrected chi connectivity index (χ0v) is 13.5. The molecule has 2 aromatic rings. The molecule has 114 valence electrons. The molecule has 21 heavy (non-hydrogen) atoms. The average molecular weight is 310 g/mol. The van der Waals surface area contributed by atoms with E-state index in [0.29, 0.717) is 10.7 Å². The largest absolute Gasteiger partial charge is 0.316 e. The molecule has 0 aliphatic rings. The number of aryl methyl sites for hydroxylation is 1. The van der Waals surface area contributed by atoms with Gasteiger partial charge in [0, 0.05) is 5.69 Å². The first-order valence-electron chi connectivity index (χ1n) is 7.26. The lowest BCUT2D eigenvalue weighted by molar-refractivity contribution is 0.608. The van der Waals surface area contributed by atoms with E-state index in [-0.39, 0.29) is 5.82 Å². The Morgan fingerprint density at radius 1 is 1.29 bits per heavy atom. The Morgan fingerprint density at radius 3 is 2.71 bits per heavy atom. The summed E-state index contributed by atoms with van der Waals surface area (Å²) in [4.78, 5) is 0. The van der Waals surface area contributed by atoms with Crippen LogP contribution in [0, 0.1) is 19.7 Å². The SMILES string of the molecule is CCCNCCc1c(C)nn(-c2c(F)cccc2Cl)c1C. The van der Waals surface area contributed by atoms with Gasteiger partial charge in [-0.2, -0.15) is 5.10 Å². The number of halogens is 2. The molecule has 1 aromatic carbocycles. The Labute approximate surface area is 130 Å². The molecule has 1 heterocycles. The summed E-state index contributed by atoms with van der Waals surface area (Å²) in [7, 11) is 0. The monoisotopic (exact) mass is 309 g/mol. The Kier molecular flexibility index (Phi) is 5.37. The fourth-order valence-corrected chi connectivity index (χ4v) is 2.70. The number of hydrogen-bond donors (Lipinski definition) is 1. The van der Waals surface area contributed by atoms with Gasteiger partial charge in [-0.15, -0.1) is 0 Å². The van der Waals surface area contributed by atoms with Crippen LogP contribution in [0.2, 0.25) is 5.02 Å². The predicted molar refractivity (Wildman–Crippen MR) is 84.9 cm³/mol. The molecule has 0 unspecified atom stereocenters. The molecule has 1 aromatic heterocycles. The molecule has 0 fully saturated rings. The topological polar surface area (TPSA) is 29.9 Å². The van der Waals surface area contributed by atoms with Crippen LogP contribution in [0.25, 0.3) is 5.69 Å². The van der Waals surface area contributed by atoms with E-state index in [1.165, 1.54) is 6.07 Å². The molecule has 0 spiro atoms. The second kappa shape index (κ2) is 7.05. The minimum Gasteiger partial charge on any atom is -0.316 e. The van der Waals surface area contributed by atoms with E-state index in [1.807, 2.05) is 13.8 Å². The highest BCUT2D eigenvalue weighted by Crippen LogP contribution is 2.26. The highest BCUT2D eigenvalue weighted by molar-refractivity contribution is 6.32. The fourth-order valence-electron chi connectivity index (χ4n) is 2.46. The summed E-state index contributed by atoms with van der Waals surface area (Å²) < 4.78 is 15.7. The third kappa shape index (κ3) is 3.44. The van der Waals surface area contributed by atoms with E-state index < -0.39 is 0 Å². The summed E-state index contributed by atoms with van der Waals surface area (Å²) in [6, 6.07) is 4.68. The molecule has 0 bridgehead atoms. The maximum absolute atomic E-state index is 14.1. The highest BCUT2D eigenvalue weighted by atomic mass is 35.5. The molecule has 0 atom stereocenters. The van der Waals surface area contributed by atoms with Crippen LogP contribution in [0.1, 0.15) is 30.3 Å². The van der Waals surface area contributed by atoms with Crippen molar-refractivity contribution in [2.45, 2.75) is 33.6 Å². The molecule has 3 nitrogen and oxygen atoms in total. The van der Waals surface area contributed by atoms with Crippen LogP contribution in [-0.2, 0) is 6.42 Å². The summed E-state index contributed by atoms with van der Waals surface area (Å²) in [5.41, 5.74) is 3.34. The molecule has 1 N–H and O–H groups in total. The number of para-hydroxylation sites is 1. The Hall–Kier alpha value is -1.39. The third-order valence-electron chi connectivity index (χ3n) is 3.57. The summed E-state index contributed by atoms with van der Waals surface area (Å²) in [6.45, 7) is 7.95. The van der Waals surface area contributed by atoms with Crippen LogP contribution in [0.4, 0.5) is 4.39 Å². The van der Waals surface area contributed by atoms with Crippen molar-refractivity contribution < 1.29 is 4.39 Å². The predicted octanol–water partition coefficient (Wildman–Crippen LogP) is 3.82. The van der Waals surface area contributed by atoms with Crippen LogP contribution in [-0.4, -0.2) is 22.9 Å². The summed E-state index contributed by atoms with van der Waals surface area (Å²) in [6.07, 6.45) is 1.99. The van der Waals surface area contributed by atoms with Crippen LogP contribution in [0.5, 0.6) is 0 Å². The van der Waals surface area contributed by atoms with Crippen molar-refractivity contribution in [3.05, 3.63) is 46.0 Å². The third-order valence-corrected chi connectivity index (χ3v) is 3.87. The first-order chi connectivity index (χ1) is 10.1. The number of aromatic nitrogens is 2. The number of rotatable bonds is 6. The molecular weight excluding hydrogens is 289 g/mol. The summed E-state index contributed by atoms with van der Waals surface area (Å²) in [5, 5.41) is 8.21. The highest BCUT2D eigenvalue weighted by Gasteiger charge is 2.17. The maximum atomic E-state index is 14.1. The Bertz CT molecular complexity index is 602. The van der Waals surface area contributed by atoms with Crippen molar-refractivity contribution in [3.63, 3.8) is 0 Å². The lowest BCUT2D eigenvalue weighted by atomic mass is 10.1. The molecule has 0 aliphatic carbocycles. The maximum Gasteiger partial charge on any atom is 0.150 e. The fraction of sp³-hybridized carbons (Fsp3) is 0.438. The summed E-state index contributed by atoms with van der Waals surface area (Å²) >= 11 is 6.13. The molecule has 2 rings (SSSR count). The number of nitrogens with zero attached hydrogens (tertiary/aromatic N) is 2.